The molecule has 0 heterocycles. The monoisotopic (exact) mass is 566 g/mol. The van der Waals surface area contributed by atoms with E-state index < -0.39 is 11.9 Å². The summed E-state index contributed by atoms with van der Waals surface area (Å²) in [5.74, 6) is -2.56. The molecule has 0 saturated carbocycles. The molecule has 1 aliphatic carbocycles. The Balaban J connectivity index is 0. The minimum absolute atomic E-state index is 0. The topological polar surface area (TPSA) is 127 Å². The number of hydrogen-bond donors (Lipinski definition) is 2. The first-order chi connectivity index (χ1) is 13.3. The Kier molecular flexibility index (Phi) is 17.1. The van der Waals surface area contributed by atoms with Gasteiger partial charge in [0.25, 0.3) is 0 Å². The number of aromatic carboxylic acids is 2. The molecule has 2 aromatic carbocycles. The minimum atomic E-state index is -1.23. The molecule has 0 aliphatic heterocycles. The van der Waals surface area contributed by atoms with E-state index in [2.05, 4.69) is 9.47 Å². The third-order valence-electron chi connectivity index (χ3n) is 3.47. The molecule has 8 nitrogen and oxygen atoms in total. The SMILES string of the molecule is COCOC.O=C(O)c1ccccc1C(=O)O.O=C1CC(=O)c2ccccc21.[Y].[Y]. The maximum Gasteiger partial charge on any atom is 0.336 e. The fraction of sp³-hybridized carbons (Fsp3) is 0.200. The molecular weight excluding hydrogens is 546 g/mol. The fourth-order valence-corrected chi connectivity index (χ4v) is 2.28. The van der Waals surface area contributed by atoms with Crippen LogP contribution >= 0.6 is 0 Å². The molecule has 0 unspecified atom stereocenters. The molecule has 154 valence electrons. The molecule has 1 aliphatic rings. The molecule has 0 bridgehead atoms. The summed E-state index contributed by atoms with van der Waals surface area (Å²) in [5, 5.41) is 17.1. The molecule has 0 fully saturated rings. The predicted molar refractivity (Wildman–Crippen MR) is 99.0 cm³/mol. The van der Waals surface area contributed by atoms with Gasteiger partial charge in [0.2, 0.25) is 0 Å². The summed E-state index contributed by atoms with van der Waals surface area (Å²) in [6, 6.07) is 12.4. The van der Waals surface area contributed by atoms with Crippen molar-refractivity contribution >= 4 is 23.5 Å². The largest absolute Gasteiger partial charge is 0.478 e. The van der Waals surface area contributed by atoms with Gasteiger partial charge in [0, 0.05) is 90.8 Å². The molecule has 3 rings (SSSR count). The van der Waals surface area contributed by atoms with E-state index in [4.69, 9.17) is 10.2 Å². The van der Waals surface area contributed by atoms with Crippen molar-refractivity contribution in [3.05, 3.63) is 70.8 Å². The molecule has 0 atom stereocenters. The van der Waals surface area contributed by atoms with E-state index in [0.29, 0.717) is 17.9 Å². The summed E-state index contributed by atoms with van der Waals surface area (Å²) in [4.78, 5) is 43.0. The zero-order chi connectivity index (χ0) is 21.1. The summed E-state index contributed by atoms with van der Waals surface area (Å²) in [6.07, 6.45) is 0.0549. The van der Waals surface area contributed by atoms with Gasteiger partial charge in [-0.2, -0.15) is 0 Å². The molecule has 0 amide bonds. The first-order valence-corrected chi connectivity index (χ1v) is 8.02. The van der Waals surface area contributed by atoms with Crippen LogP contribution in [-0.4, -0.2) is 54.7 Å². The van der Waals surface area contributed by atoms with E-state index in [-0.39, 0.29) is 94.5 Å². The van der Waals surface area contributed by atoms with Gasteiger partial charge in [0.05, 0.1) is 17.5 Å². The summed E-state index contributed by atoms with van der Waals surface area (Å²) in [7, 11) is 3.17. The molecule has 0 aromatic heterocycles. The van der Waals surface area contributed by atoms with Gasteiger partial charge in [-0.15, -0.1) is 0 Å². The maximum atomic E-state index is 11.1. The zero-order valence-corrected chi connectivity index (χ0v) is 22.2. The van der Waals surface area contributed by atoms with Gasteiger partial charge in [-0.25, -0.2) is 9.59 Å². The van der Waals surface area contributed by atoms with Crippen LogP contribution in [0.4, 0.5) is 0 Å². The number of methoxy groups -OCH3 is 2. The van der Waals surface area contributed by atoms with Crippen LogP contribution < -0.4 is 0 Å². The van der Waals surface area contributed by atoms with Crippen LogP contribution in [0.3, 0.4) is 0 Å². The number of carboxylic acids is 2. The van der Waals surface area contributed by atoms with Crippen molar-refractivity contribution in [3.63, 3.8) is 0 Å². The van der Waals surface area contributed by atoms with Crippen LogP contribution in [0.5, 0.6) is 0 Å². The van der Waals surface area contributed by atoms with Crippen molar-refractivity contribution in [3.8, 4) is 0 Å². The van der Waals surface area contributed by atoms with E-state index in [1.165, 1.54) is 24.3 Å². The van der Waals surface area contributed by atoms with Crippen molar-refractivity contribution in [2.24, 2.45) is 0 Å². The van der Waals surface area contributed by atoms with Gasteiger partial charge in [0.1, 0.15) is 6.79 Å². The molecule has 0 spiro atoms. The van der Waals surface area contributed by atoms with Gasteiger partial charge in [0.15, 0.2) is 11.6 Å². The summed E-state index contributed by atoms with van der Waals surface area (Å²) in [5.41, 5.74) is 0.782. The van der Waals surface area contributed by atoms with Gasteiger partial charge in [-0.3, -0.25) is 9.59 Å². The number of carbonyl (C=O) groups is 4. The Morgan fingerprint density at radius 1 is 0.767 bits per heavy atom. The van der Waals surface area contributed by atoms with E-state index in [1.807, 2.05) is 0 Å². The van der Waals surface area contributed by atoms with Gasteiger partial charge in [-0.1, -0.05) is 36.4 Å². The van der Waals surface area contributed by atoms with Crippen molar-refractivity contribution in [2.75, 3.05) is 21.0 Å². The normalized spacial score (nSPS) is 10.7. The summed E-state index contributed by atoms with van der Waals surface area (Å²) in [6.45, 7) is 0.389. The molecule has 2 radical (unpaired) electrons. The second-order valence-corrected chi connectivity index (χ2v) is 5.42. The fourth-order valence-electron chi connectivity index (χ4n) is 2.28. The molecular formula is C20H20O8Y2. The first kappa shape index (κ1) is 31.0. The van der Waals surface area contributed by atoms with Crippen LogP contribution in [0.1, 0.15) is 47.9 Å². The van der Waals surface area contributed by atoms with Crippen LogP contribution in [0.25, 0.3) is 0 Å². The van der Waals surface area contributed by atoms with Crippen molar-refractivity contribution < 1.29 is 104 Å². The van der Waals surface area contributed by atoms with Crippen LogP contribution in [0.15, 0.2) is 48.5 Å². The number of carboxylic acid groups (broad SMARTS) is 2. The third kappa shape index (κ3) is 9.77. The second-order valence-electron chi connectivity index (χ2n) is 5.42. The molecule has 2 N–H and O–H groups in total. The van der Waals surface area contributed by atoms with Crippen molar-refractivity contribution in [1.82, 2.24) is 0 Å². The third-order valence-corrected chi connectivity index (χ3v) is 3.47. The Bertz CT molecular complexity index is 799. The van der Waals surface area contributed by atoms with Gasteiger partial charge in [-0.05, 0) is 12.1 Å². The molecule has 2 aromatic rings. The molecule has 30 heavy (non-hydrogen) atoms. The number of fused-ring (bicyclic) bond motifs is 1. The number of Topliss-reactive ketones (excluding diaryl/α,β-unsaturated/α-hetero) is 2. The predicted octanol–water partition coefficient (Wildman–Crippen LogP) is 2.77. The van der Waals surface area contributed by atoms with Crippen LogP contribution in [-0.2, 0) is 74.9 Å². The number of carbonyl (C=O) groups excluding carboxylic acids is 2. The number of benzene rings is 2. The average Bonchev–Trinajstić information content (AvgIpc) is 2.98. The Morgan fingerprint density at radius 2 is 1.10 bits per heavy atom. The first-order valence-electron chi connectivity index (χ1n) is 8.02. The maximum absolute atomic E-state index is 11.1. The average molecular weight is 566 g/mol. The number of rotatable bonds is 4. The van der Waals surface area contributed by atoms with Crippen molar-refractivity contribution in [2.45, 2.75) is 6.42 Å². The van der Waals surface area contributed by atoms with E-state index in [0.717, 1.165) is 0 Å². The van der Waals surface area contributed by atoms with E-state index in [9.17, 15) is 19.2 Å². The van der Waals surface area contributed by atoms with E-state index in [1.54, 1.807) is 38.5 Å². The van der Waals surface area contributed by atoms with Crippen LogP contribution in [0.2, 0.25) is 0 Å². The minimum Gasteiger partial charge on any atom is -0.478 e. The summed E-state index contributed by atoms with van der Waals surface area (Å²) >= 11 is 0. The number of ether oxygens (including phenoxy) is 2. The van der Waals surface area contributed by atoms with E-state index >= 15 is 0 Å². The standard InChI is InChI=1S/C9H6O2.C8H6O4.C3H8O2.2Y/c10-8-5-9(11)7-4-2-1-3-6(7)8;9-7(10)5-3-1-2-4-6(5)8(11)12;1-4-3-5-2;;/h1-4H,5H2;1-4H,(H,9,10)(H,11,12);3H2,1-2H3;;. The van der Waals surface area contributed by atoms with Gasteiger partial charge < -0.3 is 19.7 Å². The number of ketones is 2. The Morgan fingerprint density at radius 3 is 1.37 bits per heavy atom. The molecule has 0 saturated heterocycles. The smallest absolute Gasteiger partial charge is 0.336 e. The molecule has 10 heteroatoms. The second kappa shape index (κ2) is 16.5. The zero-order valence-electron chi connectivity index (χ0n) is 16.5. The quantitative estimate of drug-likeness (QED) is 0.428. The van der Waals surface area contributed by atoms with Crippen molar-refractivity contribution in [1.29, 1.82) is 0 Å². The van der Waals surface area contributed by atoms with Gasteiger partial charge >= 0.3 is 11.9 Å². The Labute approximate surface area is 224 Å². The Hall–Kier alpha value is -1.15. The number of hydrogen-bond acceptors (Lipinski definition) is 6. The summed E-state index contributed by atoms with van der Waals surface area (Å²) < 4.78 is 8.94. The van der Waals surface area contributed by atoms with Crippen LogP contribution in [0, 0.1) is 0 Å².